The first-order valence-corrected chi connectivity index (χ1v) is 5.67. The SMILES string of the molecule is CCC(C)NCc1csc(CC#N)n1. The molecule has 0 fully saturated rings. The topological polar surface area (TPSA) is 48.7 Å². The number of rotatable bonds is 5. The van der Waals surface area contributed by atoms with E-state index in [2.05, 4.69) is 30.2 Å². The van der Waals surface area contributed by atoms with E-state index in [-0.39, 0.29) is 0 Å². The molecule has 76 valence electrons. The zero-order chi connectivity index (χ0) is 10.4. The lowest BCUT2D eigenvalue weighted by Crippen LogP contribution is -2.24. The molecule has 0 bridgehead atoms. The van der Waals surface area contributed by atoms with E-state index in [4.69, 9.17) is 5.26 Å². The highest BCUT2D eigenvalue weighted by Gasteiger charge is 2.02. The summed E-state index contributed by atoms with van der Waals surface area (Å²) >= 11 is 1.56. The van der Waals surface area contributed by atoms with Crippen molar-refractivity contribution in [3.8, 4) is 6.07 Å². The van der Waals surface area contributed by atoms with Gasteiger partial charge in [0.1, 0.15) is 5.01 Å². The van der Waals surface area contributed by atoms with Crippen molar-refractivity contribution < 1.29 is 0 Å². The first-order chi connectivity index (χ1) is 6.76. The van der Waals surface area contributed by atoms with Gasteiger partial charge in [0.15, 0.2) is 0 Å². The van der Waals surface area contributed by atoms with Gasteiger partial charge in [-0.25, -0.2) is 4.98 Å². The Morgan fingerprint density at radius 3 is 3.14 bits per heavy atom. The largest absolute Gasteiger partial charge is 0.309 e. The van der Waals surface area contributed by atoms with Crippen LogP contribution in [0, 0.1) is 11.3 Å². The fraction of sp³-hybridized carbons (Fsp3) is 0.600. The smallest absolute Gasteiger partial charge is 0.107 e. The quantitative estimate of drug-likeness (QED) is 0.808. The van der Waals surface area contributed by atoms with Crippen LogP contribution in [-0.2, 0) is 13.0 Å². The number of hydrogen-bond acceptors (Lipinski definition) is 4. The Bertz CT molecular complexity index is 313. The van der Waals surface area contributed by atoms with E-state index in [1.807, 2.05) is 5.38 Å². The molecule has 0 spiro atoms. The Kier molecular flexibility index (Phi) is 4.57. The van der Waals surface area contributed by atoms with Crippen molar-refractivity contribution in [1.29, 1.82) is 5.26 Å². The molecule has 1 aromatic heterocycles. The van der Waals surface area contributed by atoms with Gasteiger partial charge in [-0.15, -0.1) is 11.3 Å². The van der Waals surface area contributed by atoms with Gasteiger partial charge in [-0.05, 0) is 13.3 Å². The summed E-state index contributed by atoms with van der Waals surface area (Å²) in [6.07, 6.45) is 1.54. The summed E-state index contributed by atoms with van der Waals surface area (Å²) in [6, 6.07) is 2.63. The van der Waals surface area contributed by atoms with E-state index in [1.165, 1.54) is 0 Å². The fourth-order valence-corrected chi connectivity index (χ4v) is 1.73. The van der Waals surface area contributed by atoms with Crippen LogP contribution in [0.5, 0.6) is 0 Å². The second-order valence-electron chi connectivity index (χ2n) is 3.26. The van der Waals surface area contributed by atoms with Gasteiger partial charge in [-0.3, -0.25) is 0 Å². The van der Waals surface area contributed by atoms with Gasteiger partial charge in [0.2, 0.25) is 0 Å². The number of nitrogens with zero attached hydrogens (tertiary/aromatic N) is 2. The molecular weight excluding hydrogens is 194 g/mol. The summed E-state index contributed by atoms with van der Waals surface area (Å²) in [5.74, 6) is 0. The molecule has 4 heteroatoms. The molecule has 0 aromatic carbocycles. The van der Waals surface area contributed by atoms with Crippen molar-refractivity contribution in [1.82, 2.24) is 10.3 Å². The lowest BCUT2D eigenvalue weighted by Gasteiger charge is -2.08. The van der Waals surface area contributed by atoms with Crippen molar-refractivity contribution in [2.45, 2.75) is 39.3 Å². The molecule has 0 aliphatic heterocycles. The van der Waals surface area contributed by atoms with Gasteiger partial charge in [0.05, 0.1) is 18.2 Å². The van der Waals surface area contributed by atoms with Gasteiger partial charge in [-0.2, -0.15) is 5.26 Å². The average molecular weight is 209 g/mol. The molecule has 0 saturated heterocycles. The molecule has 3 nitrogen and oxygen atoms in total. The predicted octanol–water partition coefficient (Wildman–Crippen LogP) is 2.10. The summed E-state index contributed by atoms with van der Waals surface area (Å²) < 4.78 is 0. The highest BCUT2D eigenvalue weighted by atomic mass is 32.1. The summed E-state index contributed by atoms with van der Waals surface area (Å²) in [5.41, 5.74) is 1.04. The zero-order valence-corrected chi connectivity index (χ0v) is 9.40. The van der Waals surface area contributed by atoms with Crippen LogP contribution in [0.25, 0.3) is 0 Å². The molecule has 1 heterocycles. The lowest BCUT2D eigenvalue weighted by atomic mass is 10.2. The molecule has 0 amide bonds. The summed E-state index contributed by atoms with van der Waals surface area (Å²) in [6.45, 7) is 5.11. The van der Waals surface area contributed by atoms with Crippen molar-refractivity contribution in [3.63, 3.8) is 0 Å². The van der Waals surface area contributed by atoms with Crippen LogP contribution in [-0.4, -0.2) is 11.0 Å². The summed E-state index contributed by atoms with van der Waals surface area (Å²) in [7, 11) is 0. The third-order valence-electron chi connectivity index (χ3n) is 2.07. The van der Waals surface area contributed by atoms with E-state index >= 15 is 0 Å². The van der Waals surface area contributed by atoms with Crippen LogP contribution < -0.4 is 5.32 Å². The van der Waals surface area contributed by atoms with Gasteiger partial charge < -0.3 is 5.32 Å². The molecule has 0 radical (unpaired) electrons. The van der Waals surface area contributed by atoms with E-state index in [0.29, 0.717) is 12.5 Å². The van der Waals surface area contributed by atoms with Gasteiger partial charge >= 0.3 is 0 Å². The minimum Gasteiger partial charge on any atom is -0.309 e. The van der Waals surface area contributed by atoms with E-state index in [9.17, 15) is 0 Å². The normalized spacial score (nSPS) is 12.4. The monoisotopic (exact) mass is 209 g/mol. The molecule has 1 atom stereocenters. The Balaban J connectivity index is 2.40. The minimum atomic E-state index is 0.425. The molecule has 0 aliphatic carbocycles. The van der Waals surface area contributed by atoms with E-state index in [1.54, 1.807) is 11.3 Å². The van der Waals surface area contributed by atoms with Crippen LogP contribution in [0.1, 0.15) is 31.0 Å². The maximum Gasteiger partial charge on any atom is 0.107 e. The van der Waals surface area contributed by atoms with Crippen molar-refractivity contribution in [2.75, 3.05) is 0 Å². The van der Waals surface area contributed by atoms with Crippen molar-refractivity contribution >= 4 is 11.3 Å². The van der Waals surface area contributed by atoms with Crippen LogP contribution in [0.3, 0.4) is 0 Å². The Morgan fingerprint density at radius 2 is 2.50 bits per heavy atom. The highest BCUT2D eigenvalue weighted by molar-refractivity contribution is 7.09. The van der Waals surface area contributed by atoms with E-state index < -0.39 is 0 Å². The third kappa shape index (κ3) is 3.44. The van der Waals surface area contributed by atoms with Gasteiger partial charge in [-0.1, -0.05) is 6.92 Å². The van der Waals surface area contributed by atoms with Crippen LogP contribution in [0.2, 0.25) is 0 Å². The minimum absolute atomic E-state index is 0.425. The fourth-order valence-electron chi connectivity index (χ4n) is 1.00. The number of thiazole rings is 1. The maximum atomic E-state index is 8.49. The standard InChI is InChI=1S/C10H15N3S/c1-3-8(2)12-6-9-7-14-10(13-9)4-5-11/h7-8,12H,3-4,6H2,1-2H3. The predicted molar refractivity (Wildman–Crippen MR) is 58.0 cm³/mol. The van der Waals surface area contributed by atoms with Crippen LogP contribution in [0.4, 0.5) is 0 Å². The highest BCUT2D eigenvalue weighted by Crippen LogP contribution is 2.10. The maximum absolute atomic E-state index is 8.49. The second kappa shape index (κ2) is 5.74. The van der Waals surface area contributed by atoms with Crippen molar-refractivity contribution in [3.05, 3.63) is 16.1 Å². The molecule has 1 N–H and O–H groups in total. The molecule has 14 heavy (non-hydrogen) atoms. The second-order valence-corrected chi connectivity index (χ2v) is 4.20. The average Bonchev–Trinajstić information content (AvgIpc) is 2.63. The Labute approximate surface area is 88.8 Å². The van der Waals surface area contributed by atoms with Gasteiger partial charge in [0, 0.05) is 18.0 Å². The molecule has 1 aromatic rings. The number of aromatic nitrogens is 1. The molecule has 1 rings (SSSR count). The number of nitriles is 1. The zero-order valence-electron chi connectivity index (χ0n) is 8.58. The molecular formula is C10H15N3S. The van der Waals surface area contributed by atoms with Crippen LogP contribution in [0.15, 0.2) is 5.38 Å². The molecule has 0 saturated carbocycles. The first kappa shape index (κ1) is 11.2. The molecule has 1 unspecified atom stereocenters. The third-order valence-corrected chi connectivity index (χ3v) is 2.97. The number of hydrogen-bond donors (Lipinski definition) is 1. The van der Waals surface area contributed by atoms with E-state index in [0.717, 1.165) is 23.7 Å². The lowest BCUT2D eigenvalue weighted by molar-refractivity contribution is 0.530. The van der Waals surface area contributed by atoms with Gasteiger partial charge in [0.25, 0.3) is 0 Å². The molecule has 0 aliphatic rings. The van der Waals surface area contributed by atoms with Crippen LogP contribution >= 0.6 is 11.3 Å². The van der Waals surface area contributed by atoms with Crippen molar-refractivity contribution in [2.24, 2.45) is 0 Å². The Hall–Kier alpha value is -0.920. The Morgan fingerprint density at radius 1 is 1.71 bits per heavy atom. The summed E-state index contributed by atoms with van der Waals surface area (Å²) in [5, 5.41) is 14.8. The number of nitrogens with one attached hydrogen (secondary N) is 1. The first-order valence-electron chi connectivity index (χ1n) is 4.79. The summed E-state index contributed by atoms with van der Waals surface area (Å²) in [4.78, 5) is 4.34.